The minimum Gasteiger partial charge on any atom is -0.504 e. The first-order chi connectivity index (χ1) is 20.2. The highest BCUT2D eigenvalue weighted by molar-refractivity contribution is 5.79. The molecular weight excluding hydrogens is 534 g/mol. The number of hydrogen-bond acceptors (Lipinski definition) is 7. The molecule has 224 valence electrons. The molecule has 9 nitrogen and oxygen atoms in total. The second-order valence-corrected chi connectivity index (χ2v) is 11.9. The summed E-state index contributed by atoms with van der Waals surface area (Å²) in [6, 6.07) is 5.24. The van der Waals surface area contributed by atoms with Crippen LogP contribution in [0.15, 0.2) is 23.2 Å². The third kappa shape index (κ3) is 6.14. The van der Waals surface area contributed by atoms with Crippen molar-refractivity contribution in [3.05, 3.63) is 46.0 Å². The third-order valence-electron chi connectivity index (χ3n) is 9.25. The smallest absolute Gasteiger partial charge is 0.185 e. The molecule has 5 rings (SSSR count). The molecule has 0 radical (unpaired) electrons. The van der Waals surface area contributed by atoms with Gasteiger partial charge in [-0.05, 0) is 61.1 Å². The normalized spacial score (nSPS) is 21.8. The summed E-state index contributed by atoms with van der Waals surface area (Å²) < 4.78 is 11.8. The number of Topliss-reactive ketones (excluding diaryl/α,β-unsaturated/α-hetero) is 1. The predicted molar refractivity (Wildman–Crippen MR) is 160 cm³/mol. The van der Waals surface area contributed by atoms with Gasteiger partial charge in [-0.2, -0.15) is 0 Å². The first-order valence-electron chi connectivity index (χ1n) is 14.8. The maximum absolute atomic E-state index is 12.8. The average molecular weight is 576 g/mol. The number of nitrogens with zero attached hydrogens (tertiary/aromatic N) is 1. The number of phenolic OH excluding ortho intramolecular Hbond substituents is 2. The first kappa shape index (κ1) is 29.6. The molecule has 0 saturated heterocycles. The zero-order valence-electron chi connectivity index (χ0n) is 24.2. The number of guanidine groups is 1. The van der Waals surface area contributed by atoms with Crippen molar-refractivity contribution in [3.63, 3.8) is 0 Å². The number of rotatable bonds is 4. The van der Waals surface area contributed by atoms with Crippen LogP contribution in [-0.4, -0.2) is 53.4 Å². The number of fused-ring (bicyclic) bond motifs is 5. The number of aliphatic hydroxyl groups excluding tert-OH is 1. The molecule has 9 heteroatoms. The van der Waals surface area contributed by atoms with Crippen LogP contribution in [-0.2, 0) is 30.5 Å². The lowest BCUT2D eigenvalue weighted by molar-refractivity contribution is -0.121. The molecule has 42 heavy (non-hydrogen) atoms. The van der Waals surface area contributed by atoms with Crippen LogP contribution >= 0.6 is 0 Å². The molecule has 0 unspecified atom stereocenters. The summed E-state index contributed by atoms with van der Waals surface area (Å²) in [6.07, 6.45) is 6.10. The molecule has 2 aromatic carbocycles. The molecule has 0 aromatic heterocycles. The number of aromatic hydroxyl groups is 2. The molecule has 2 aliphatic carbocycles. The molecule has 1 saturated carbocycles. The number of aryl methyl sites for hydroxylation is 2. The number of benzene rings is 2. The Morgan fingerprint density at radius 1 is 1.12 bits per heavy atom. The highest BCUT2D eigenvalue weighted by Crippen LogP contribution is 2.51. The standard InChI is InChI=1S/C33H41N3O6/c1-41-30-26-6-4-5-22-15-21(8-11-25(38)17-24(37)10-7-20(26)9-12-28(30)39)27-16-23(18-42-31(27)29(22)40)33(13-2-3-14-33)19-36-32(34)35/h9,12,15,23,25,38-40H,2-3,5,7-8,10-11,13-14,16-19H2,1H3,(H4,34,35,36)/t23-,25-/m1/s1. The van der Waals surface area contributed by atoms with Crippen molar-refractivity contribution in [2.24, 2.45) is 27.8 Å². The van der Waals surface area contributed by atoms with Crippen LogP contribution in [0.4, 0.5) is 0 Å². The molecule has 2 aromatic rings. The summed E-state index contributed by atoms with van der Waals surface area (Å²) in [5.41, 5.74) is 15.2. The Hall–Kier alpha value is -3.90. The molecule has 0 amide bonds. The molecule has 1 aliphatic heterocycles. The number of phenols is 2. The van der Waals surface area contributed by atoms with E-state index in [4.69, 9.17) is 20.9 Å². The fourth-order valence-corrected chi connectivity index (χ4v) is 6.90. The number of carbonyl (C=O) groups excluding carboxylic acids is 1. The molecule has 2 bridgehead atoms. The van der Waals surface area contributed by atoms with E-state index in [0.29, 0.717) is 55.7 Å². The van der Waals surface area contributed by atoms with Crippen LogP contribution in [0.5, 0.6) is 23.0 Å². The number of methoxy groups -OCH3 is 1. The number of aliphatic hydroxyl groups is 1. The van der Waals surface area contributed by atoms with Gasteiger partial charge in [0.25, 0.3) is 0 Å². The van der Waals surface area contributed by atoms with E-state index in [9.17, 15) is 20.1 Å². The highest BCUT2D eigenvalue weighted by atomic mass is 16.5. The lowest BCUT2D eigenvalue weighted by Gasteiger charge is -2.40. The highest BCUT2D eigenvalue weighted by Gasteiger charge is 2.44. The van der Waals surface area contributed by atoms with Crippen LogP contribution in [0, 0.1) is 23.2 Å². The lowest BCUT2D eigenvalue weighted by atomic mass is 9.70. The number of carbonyl (C=O) groups is 1. The zero-order chi connectivity index (χ0) is 29.9. The summed E-state index contributed by atoms with van der Waals surface area (Å²) >= 11 is 0. The van der Waals surface area contributed by atoms with E-state index in [0.717, 1.165) is 42.4 Å². The molecule has 0 spiro atoms. The van der Waals surface area contributed by atoms with E-state index in [1.54, 1.807) is 6.07 Å². The van der Waals surface area contributed by atoms with E-state index in [2.05, 4.69) is 16.8 Å². The maximum Gasteiger partial charge on any atom is 0.185 e. The third-order valence-corrected chi connectivity index (χ3v) is 9.25. The second-order valence-electron chi connectivity index (χ2n) is 11.9. The number of ether oxygens (including phenoxy) is 2. The quantitative estimate of drug-likeness (QED) is 0.211. The number of nitrogens with two attached hydrogens (primary N) is 2. The van der Waals surface area contributed by atoms with Crippen molar-refractivity contribution >= 4 is 11.7 Å². The molecular formula is C33H41N3O6. The summed E-state index contributed by atoms with van der Waals surface area (Å²) in [5.74, 6) is 7.27. The summed E-state index contributed by atoms with van der Waals surface area (Å²) in [5, 5.41) is 32.5. The van der Waals surface area contributed by atoms with Gasteiger partial charge < -0.3 is 36.3 Å². The molecule has 7 N–H and O–H groups in total. The number of aliphatic imine (C=N–C) groups is 1. The van der Waals surface area contributed by atoms with E-state index < -0.39 is 6.10 Å². The Labute approximate surface area is 246 Å². The van der Waals surface area contributed by atoms with Gasteiger partial charge in [0.1, 0.15) is 5.78 Å². The van der Waals surface area contributed by atoms with E-state index in [-0.39, 0.29) is 59.6 Å². The summed E-state index contributed by atoms with van der Waals surface area (Å²) in [7, 11) is 1.47. The van der Waals surface area contributed by atoms with Crippen molar-refractivity contribution in [1.82, 2.24) is 0 Å². The van der Waals surface area contributed by atoms with Crippen LogP contribution in [0.1, 0.15) is 72.8 Å². The average Bonchev–Trinajstić information content (AvgIpc) is 3.46. The topological polar surface area (TPSA) is 161 Å². The van der Waals surface area contributed by atoms with Gasteiger partial charge in [0.05, 0.1) is 25.4 Å². The van der Waals surface area contributed by atoms with Gasteiger partial charge in [-0.3, -0.25) is 9.79 Å². The molecule has 2 atom stereocenters. The Morgan fingerprint density at radius 2 is 1.90 bits per heavy atom. The first-order valence-corrected chi connectivity index (χ1v) is 14.8. The minimum atomic E-state index is -0.788. The van der Waals surface area contributed by atoms with E-state index in [1.165, 1.54) is 13.2 Å². The fourth-order valence-electron chi connectivity index (χ4n) is 6.90. The lowest BCUT2D eigenvalue weighted by Crippen LogP contribution is -2.40. The van der Waals surface area contributed by atoms with Gasteiger partial charge in [0.15, 0.2) is 29.0 Å². The number of hydrogen-bond donors (Lipinski definition) is 5. The van der Waals surface area contributed by atoms with Gasteiger partial charge in [0, 0.05) is 42.9 Å². The minimum absolute atomic E-state index is 0.0352. The largest absolute Gasteiger partial charge is 0.504 e. The Bertz CT molecular complexity index is 1430. The van der Waals surface area contributed by atoms with Crippen molar-refractivity contribution < 1.29 is 29.6 Å². The van der Waals surface area contributed by atoms with E-state index in [1.807, 2.05) is 6.07 Å². The number of ketones is 1. The zero-order valence-corrected chi connectivity index (χ0v) is 24.2. The Kier molecular flexibility index (Phi) is 8.83. The van der Waals surface area contributed by atoms with Crippen molar-refractivity contribution in [3.8, 4) is 34.8 Å². The van der Waals surface area contributed by atoms with Gasteiger partial charge >= 0.3 is 0 Å². The Morgan fingerprint density at radius 3 is 2.64 bits per heavy atom. The van der Waals surface area contributed by atoms with Crippen molar-refractivity contribution in [1.29, 1.82) is 0 Å². The van der Waals surface area contributed by atoms with Crippen LogP contribution < -0.4 is 20.9 Å². The van der Waals surface area contributed by atoms with Gasteiger partial charge in [-0.25, -0.2) is 0 Å². The molecule has 3 aliphatic rings. The van der Waals surface area contributed by atoms with Crippen molar-refractivity contribution in [2.75, 3.05) is 20.3 Å². The monoisotopic (exact) mass is 575 g/mol. The van der Waals surface area contributed by atoms with Gasteiger partial charge in [0.2, 0.25) is 0 Å². The fraction of sp³-hybridized carbons (Fsp3) is 0.515. The van der Waals surface area contributed by atoms with E-state index >= 15 is 0 Å². The molecule has 1 fully saturated rings. The van der Waals surface area contributed by atoms with Gasteiger partial charge in [-0.15, -0.1) is 0 Å². The predicted octanol–water partition coefficient (Wildman–Crippen LogP) is 3.28. The summed E-state index contributed by atoms with van der Waals surface area (Å²) in [4.78, 5) is 17.2. The van der Waals surface area contributed by atoms with Gasteiger partial charge in [-0.1, -0.05) is 36.8 Å². The van der Waals surface area contributed by atoms with Crippen LogP contribution in [0.2, 0.25) is 0 Å². The molecule has 1 heterocycles. The van der Waals surface area contributed by atoms with Crippen molar-refractivity contribution in [2.45, 2.75) is 76.7 Å². The van der Waals surface area contributed by atoms with Crippen LogP contribution in [0.3, 0.4) is 0 Å². The second kappa shape index (κ2) is 12.5. The maximum atomic E-state index is 12.8. The summed E-state index contributed by atoms with van der Waals surface area (Å²) in [6.45, 7) is 1.01. The Balaban J connectivity index is 1.53. The SMILES string of the molecule is COc1c(O)ccc2c1C#CCc1cc(c3c(c1O)OC[C@H](C1(CN=C(N)N)CCCC1)C3)CC[C@@H](O)CC(=O)CC2. The van der Waals surface area contributed by atoms with Crippen LogP contribution in [0.25, 0.3) is 0 Å².